The van der Waals surface area contributed by atoms with Crippen molar-refractivity contribution >= 4 is 44.9 Å². The fourth-order valence-electron chi connectivity index (χ4n) is 3.30. The highest BCUT2D eigenvalue weighted by molar-refractivity contribution is 7.99. The number of thiophene rings is 1. The van der Waals surface area contributed by atoms with E-state index >= 15 is 0 Å². The van der Waals surface area contributed by atoms with Gasteiger partial charge in [0.25, 0.3) is 5.56 Å². The topological polar surface area (TPSA) is 74.8 Å². The van der Waals surface area contributed by atoms with Crippen LogP contribution in [0.2, 0.25) is 0 Å². The zero-order valence-electron chi connectivity index (χ0n) is 14.7. The molecule has 4 rings (SSSR count). The first-order chi connectivity index (χ1) is 13.0. The lowest BCUT2D eigenvalue weighted by molar-refractivity contribution is -0.113. The van der Waals surface area contributed by atoms with E-state index in [9.17, 15) is 14.0 Å². The van der Waals surface area contributed by atoms with E-state index in [1.807, 2.05) is 0 Å². The first-order valence-electron chi connectivity index (χ1n) is 8.74. The molecule has 140 valence electrons. The van der Waals surface area contributed by atoms with Crippen LogP contribution in [0, 0.1) is 12.7 Å². The minimum atomic E-state index is -0.339. The van der Waals surface area contributed by atoms with Gasteiger partial charge in [-0.2, -0.15) is 0 Å². The predicted molar refractivity (Wildman–Crippen MR) is 107 cm³/mol. The summed E-state index contributed by atoms with van der Waals surface area (Å²) in [5, 5.41) is 3.91. The number of aryl methyl sites for hydroxylation is 3. The number of H-pyrrole nitrogens is 1. The predicted octanol–water partition coefficient (Wildman–Crippen LogP) is 4.04. The lowest BCUT2D eigenvalue weighted by Crippen LogP contribution is -2.16. The number of rotatable bonds is 4. The second-order valence-electron chi connectivity index (χ2n) is 6.56. The van der Waals surface area contributed by atoms with E-state index in [2.05, 4.69) is 15.3 Å². The van der Waals surface area contributed by atoms with Gasteiger partial charge in [0.05, 0.1) is 11.1 Å². The molecule has 1 aliphatic rings. The molecule has 0 spiro atoms. The maximum Gasteiger partial charge on any atom is 0.260 e. The second-order valence-corrected chi connectivity index (χ2v) is 8.61. The van der Waals surface area contributed by atoms with Crippen molar-refractivity contribution in [1.29, 1.82) is 0 Å². The largest absolute Gasteiger partial charge is 0.325 e. The Labute approximate surface area is 163 Å². The molecule has 0 atom stereocenters. The summed E-state index contributed by atoms with van der Waals surface area (Å²) in [6, 6.07) is 4.21. The van der Waals surface area contributed by atoms with Gasteiger partial charge < -0.3 is 10.3 Å². The molecule has 0 aliphatic heterocycles. The smallest absolute Gasteiger partial charge is 0.260 e. The van der Waals surface area contributed by atoms with Gasteiger partial charge in [-0.05, 0) is 61.9 Å². The molecule has 0 bridgehead atoms. The third-order valence-corrected chi connectivity index (χ3v) is 6.66. The van der Waals surface area contributed by atoms with Gasteiger partial charge in [0.1, 0.15) is 10.6 Å². The first-order valence-corrected chi connectivity index (χ1v) is 10.5. The zero-order chi connectivity index (χ0) is 19.0. The molecular weight excluding hydrogens is 385 g/mol. The minimum Gasteiger partial charge on any atom is -0.325 e. The van der Waals surface area contributed by atoms with Crippen molar-refractivity contribution in [2.24, 2.45) is 0 Å². The maximum absolute atomic E-state index is 13.1. The Hall–Kier alpha value is -2.19. The lowest BCUT2D eigenvalue weighted by Gasteiger charge is -2.09. The molecule has 0 unspecified atom stereocenters. The van der Waals surface area contributed by atoms with Crippen molar-refractivity contribution in [3.63, 3.8) is 0 Å². The monoisotopic (exact) mass is 403 g/mol. The average molecular weight is 404 g/mol. The Kier molecular flexibility index (Phi) is 5.01. The van der Waals surface area contributed by atoms with Crippen molar-refractivity contribution in [3.8, 4) is 0 Å². The van der Waals surface area contributed by atoms with Gasteiger partial charge in [0, 0.05) is 10.6 Å². The van der Waals surface area contributed by atoms with Crippen LogP contribution in [0.3, 0.4) is 0 Å². The molecule has 2 aromatic heterocycles. The number of aromatic amines is 1. The van der Waals surface area contributed by atoms with Crippen molar-refractivity contribution in [1.82, 2.24) is 9.97 Å². The van der Waals surface area contributed by atoms with Gasteiger partial charge in [-0.25, -0.2) is 9.37 Å². The van der Waals surface area contributed by atoms with Crippen molar-refractivity contribution in [2.75, 3.05) is 11.1 Å². The summed E-state index contributed by atoms with van der Waals surface area (Å²) in [6.45, 7) is 1.73. The van der Waals surface area contributed by atoms with E-state index < -0.39 is 0 Å². The summed E-state index contributed by atoms with van der Waals surface area (Å²) in [7, 11) is 0. The van der Waals surface area contributed by atoms with Crippen LogP contribution in [-0.4, -0.2) is 21.6 Å². The Bertz CT molecular complexity index is 1090. The Balaban J connectivity index is 1.48. The van der Waals surface area contributed by atoms with E-state index in [4.69, 9.17) is 0 Å². The number of benzene rings is 1. The molecule has 27 heavy (non-hydrogen) atoms. The Morgan fingerprint density at radius 2 is 2.19 bits per heavy atom. The molecule has 1 aromatic carbocycles. The summed E-state index contributed by atoms with van der Waals surface area (Å²) >= 11 is 2.77. The average Bonchev–Trinajstić information content (AvgIpc) is 3.01. The number of hydrogen-bond donors (Lipinski definition) is 2. The standard InChI is InChI=1S/C19H18FN3O2S2/c1-10-8-11(20)6-7-13(10)21-15(24)9-26-19-22-17(25)16-12-4-2-3-5-14(12)27-18(16)23-19/h6-8H,2-5,9H2,1H3,(H,21,24)(H,22,23,25). The number of aromatic nitrogens is 2. The number of thioether (sulfide) groups is 1. The fraction of sp³-hybridized carbons (Fsp3) is 0.316. The van der Waals surface area contributed by atoms with Gasteiger partial charge in [-0.3, -0.25) is 9.59 Å². The van der Waals surface area contributed by atoms with Crippen LogP contribution in [-0.2, 0) is 17.6 Å². The summed E-state index contributed by atoms with van der Waals surface area (Å²) < 4.78 is 13.1. The molecular formula is C19H18FN3O2S2. The molecule has 5 nitrogen and oxygen atoms in total. The highest BCUT2D eigenvalue weighted by Crippen LogP contribution is 2.34. The number of nitrogens with one attached hydrogen (secondary N) is 2. The highest BCUT2D eigenvalue weighted by atomic mass is 32.2. The number of amides is 1. The third-order valence-electron chi connectivity index (χ3n) is 4.61. The fourth-order valence-corrected chi connectivity index (χ4v) is 5.28. The van der Waals surface area contributed by atoms with Gasteiger partial charge >= 0.3 is 0 Å². The minimum absolute atomic E-state index is 0.107. The number of halogens is 1. The van der Waals surface area contributed by atoms with Gasteiger partial charge in [0.15, 0.2) is 5.16 Å². The Morgan fingerprint density at radius 3 is 3.00 bits per heavy atom. The van der Waals surface area contributed by atoms with Crippen molar-refractivity contribution in [2.45, 2.75) is 37.8 Å². The number of carbonyl (C=O) groups excluding carboxylic acids is 1. The Morgan fingerprint density at radius 1 is 1.37 bits per heavy atom. The van der Waals surface area contributed by atoms with Crippen LogP contribution >= 0.6 is 23.1 Å². The summed E-state index contributed by atoms with van der Waals surface area (Å²) in [5.74, 6) is -0.465. The van der Waals surface area contributed by atoms with Gasteiger partial charge in [0.2, 0.25) is 5.91 Å². The van der Waals surface area contributed by atoms with Crippen LogP contribution in [0.4, 0.5) is 10.1 Å². The SMILES string of the molecule is Cc1cc(F)ccc1NC(=O)CSc1nc2sc3c(c2c(=O)[nH]1)CCCC3. The number of carbonyl (C=O) groups is 1. The van der Waals surface area contributed by atoms with E-state index in [1.165, 1.54) is 34.8 Å². The quantitative estimate of drug-likeness (QED) is 0.509. The summed E-state index contributed by atoms with van der Waals surface area (Å²) in [5.41, 5.74) is 2.25. The molecule has 0 saturated heterocycles. The molecule has 0 fully saturated rings. The third kappa shape index (κ3) is 3.77. The molecule has 1 amide bonds. The van der Waals surface area contributed by atoms with Crippen molar-refractivity contribution < 1.29 is 9.18 Å². The van der Waals surface area contributed by atoms with Crippen LogP contribution in [0.25, 0.3) is 10.2 Å². The van der Waals surface area contributed by atoms with Crippen LogP contribution in [0.15, 0.2) is 28.2 Å². The summed E-state index contributed by atoms with van der Waals surface area (Å²) in [4.78, 5) is 34.1. The van der Waals surface area contributed by atoms with E-state index in [0.29, 0.717) is 21.8 Å². The summed E-state index contributed by atoms with van der Waals surface area (Å²) in [6.07, 6.45) is 4.21. The maximum atomic E-state index is 13.1. The lowest BCUT2D eigenvalue weighted by atomic mass is 9.97. The number of fused-ring (bicyclic) bond motifs is 3. The molecule has 1 aliphatic carbocycles. The second kappa shape index (κ2) is 7.44. The molecule has 8 heteroatoms. The van der Waals surface area contributed by atoms with Crippen molar-refractivity contribution in [3.05, 3.63) is 50.4 Å². The zero-order valence-corrected chi connectivity index (χ0v) is 16.4. The molecule has 2 heterocycles. The van der Waals surface area contributed by atoms with Gasteiger partial charge in [-0.15, -0.1) is 11.3 Å². The highest BCUT2D eigenvalue weighted by Gasteiger charge is 2.20. The number of anilines is 1. The number of nitrogens with zero attached hydrogens (tertiary/aromatic N) is 1. The molecule has 0 saturated carbocycles. The molecule has 3 aromatic rings. The van der Waals surface area contributed by atoms with Crippen LogP contribution in [0.5, 0.6) is 0 Å². The van der Waals surface area contributed by atoms with E-state index in [-0.39, 0.29) is 23.0 Å². The normalized spacial score (nSPS) is 13.6. The van der Waals surface area contributed by atoms with E-state index in [0.717, 1.165) is 36.1 Å². The van der Waals surface area contributed by atoms with Gasteiger partial charge in [-0.1, -0.05) is 11.8 Å². The first kappa shape index (κ1) is 18.2. The molecule has 2 N–H and O–H groups in total. The number of hydrogen-bond acceptors (Lipinski definition) is 5. The van der Waals surface area contributed by atoms with Crippen LogP contribution in [0.1, 0.15) is 28.8 Å². The molecule has 0 radical (unpaired) electrons. The van der Waals surface area contributed by atoms with E-state index in [1.54, 1.807) is 18.3 Å². The van der Waals surface area contributed by atoms with Crippen LogP contribution < -0.4 is 10.9 Å².